The third-order valence-corrected chi connectivity index (χ3v) is 5.55. The van der Waals surface area contributed by atoms with E-state index in [-0.39, 0.29) is 43.5 Å². The predicted octanol–water partition coefficient (Wildman–Crippen LogP) is 7.75. The molecule has 0 bridgehead atoms. The Morgan fingerprint density at radius 2 is 1.62 bits per heavy atom. The normalized spacial score (nSPS) is 11.4. The van der Waals surface area contributed by atoms with Crippen LogP contribution >= 0.6 is 0 Å². The van der Waals surface area contributed by atoms with Crippen molar-refractivity contribution in [2.75, 3.05) is 0 Å². The molecule has 34 heavy (non-hydrogen) atoms. The van der Waals surface area contributed by atoms with Gasteiger partial charge in [0.05, 0.1) is 12.0 Å². The Morgan fingerprint density at radius 1 is 0.912 bits per heavy atom. The number of nitrogens with zero attached hydrogens (tertiary/aromatic N) is 1. The fourth-order valence-electron chi connectivity index (χ4n) is 3.66. The first kappa shape index (κ1) is 27.4. The molecule has 4 heteroatoms. The molecule has 1 heterocycles. The molecule has 1 aromatic heterocycles. The number of aliphatic hydroxyl groups is 1. The average molecular weight is 632 g/mol. The minimum Gasteiger partial charge on any atom is -0.512 e. The summed E-state index contributed by atoms with van der Waals surface area (Å²) in [7, 11) is 0. The first-order valence-corrected chi connectivity index (χ1v) is 11.4. The minimum atomic E-state index is 0. The number of benzene rings is 3. The summed E-state index contributed by atoms with van der Waals surface area (Å²) >= 11 is 0. The van der Waals surface area contributed by atoms with Crippen LogP contribution in [0.4, 0.5) is 0 Å². The van der Waals surface area contributed by atoms with Crippen LogP contribution in [0.3, 0.4) is 0 Å². The molecule has 0 saturated carbocycles. The summed E-state index contributed by atoms with van der Waals surface area (Å²) in [5.74, 6) is 0.624. The largest absolute Gasteiger partial charge is 0.512 e. The second-order valence-electron chi connectivity index (χ2n) is 9.10. The number of aromatic nitrogens is 1. The summed E-state index contributed by atoms with van der Waals surface area (Å²) in [4.78, 5) is 13.9. The van der Waals surface area contributed by atoms with Crippen LogP contribution in [0, 0.1) is 31.7 Å². The van der Waals surface area contributed by atoms with Gasteiger partial charge in [-0.2, -0.15) is 0 Å². The van der Waals surface area contributed by atoms with E-state index in [0.717, 1.165) is 16.8 Å². The second kappa shape index (κ2) is 12.1. The molecule has 0 unspecified atom stereocenters. The number of ketones is 1. The van der Waals surface area contributed by atoms with Gasteiger partial charge < -0.3 is 10.1 Å². The molecule has 0 saturated heterocycles. The number of fused-ring (bicyclic) bond motifs is 3. The molecule has 0 atom stereocenters. The van der Waals surface area contributed by atoms with Gasteiger partial charge in [0.2, 0.25) is 0 Å². The van der Waals surface area contributed by atoms with Gasteiger partial charge in [0.1, 0.15) is 5.76 Å². The number of hydrogen-bond donors (Lipinski definition) is 1. The summed E-state index contributed by atoms with van der Waals surface area (Å²) in [6.07, 6.45) is 3.32. The van der Waals surface area contributed by atoms with Gasteiger partial charge >= 0.3 is 5.78 Å². The van der Waals surface area contributed by atoms with Gasteiger partial charge in [-0.15, -0.1) is 34.9 Å². The number of aryl methyl sites for hydroxylation is 2. The van der Waals surface area contributed by atoms with Crippen LogP contribution in [0.5, 0.6) is 0 Å². The molecule has 3 aromatic carbocycles. The zero-order chi connectivity index (χ0) is 24.1. The van der Waals surface area contributed by atoms with Gasteiger partial charge in [-0.1, -0.05) is 77.9 Å². The Balaban J connectivity index is 0.000000294. The van der Waals surface area contributed by atoms with E-state index in [0.29, 0.717) is 0 Å². The molecule has 179 valence electrons. The third kappa shape index (κ3) is 6.62. The van der Waals surface area contributed by atoms with Gasteiger partial charge in [-0.3, -0.25) is 4.79 Å². The molecular weight excluding hydrogens is 599 g/mol. The Hall–Kier alpha value is -2.81. The van der Waals surface area contributed by atoms with E-state index in [9.17, 15) is 9.90 Å². The number of aliphatic hydroxyl groups excluding tert-OH is 1. The standard InChI is InChI=1S/C21H16N.C9H16O2.Ir/c1-14-11-15(2)13-17(12-14)21-20-8-7-16-5-3-4-6-18(16)19(20)9-10-22-21;1-6(2)8(10)5-9(11)7(3)4;/h3-12H,1-2H3;5-7,10H,1-4H3;/q-1;;/p+1/b;8-5-;. The van der Waals surface area contributed by atoms with E-state index in [4.69, 9.17) is 0 Å². The van der Waals surface area contributed by atoms with Gasteiger partial charge in [-0.05, 0) is 33.3 Å². The molecule has 1 radical (unpaired) electrons. The third-order valence-electron chi connectivity index (χ3n) is 5.55. The van der Waals surface area contributed by atoms with E-state index < -0.39 is 0 Å². The summed E-state index contributed by atoms with van der Waals surface area (Å²) in [5, 5.41) is 14.2. The van der Waals surface area contributed by atoms with Gasteiger partial charge in [0.15, 0.2) is 0 Å². The molecule has 2 N–H and O–H groups in total. The van der Waals surface area contributed by atoms with Crippen molar-refractivity contribution in [3.63, 3.8) is 0 Å². The maximum atomic E-state index is 9.23. The van der Waals surface area contributed by atoms with E-state index >= 15 is 0 Å². The molecule has 0 amide bonds. The Labute approximate surface area is 216 Å². The summed E-state index contributed by atoms with van der Waals surface area (Å²) < 4.78 is 0. The summed E-state index contributed by atoms with van der Waals surface area (Å²) in [6.45, 7) is 11.7. The van der Waals surface area contributed by atoms with Crippen molar-refractivity contribution in [1.82, 2.24) is 4.98 Å². The molecule has 0 aliphatic heterocycles. The Kier molecular flexibility index (Phi) is 9.73. The first-order chi connectivity index (χ1) is 15.7. The maximum absolute atomic E-state index is 9.23. The van der Waals surface area contributed by atoms with Crippen LogP contribution in [0.25, 0.3) is 32.8 Å². The zero-order valence-electron chi connectivity index (χ0n) is 20.7. The Morgan fingerprint density at radius 3 is 2.26 bits per heavy atom. The minimum absolute atomic E-state index is 0. The first-order valence-electron chi connectivity index (χ1n) is 11.4. The van der Waals surface area contributed by atoms with Crippen molar-refractivity contribution in [2.45, 2.75) is 41.5 Å². The van der Waals surface area contributed by atoms with Crippen LogP contribution < -0.4 is 0 Å². The number of hydrogen-bond acceptors (Lipinski definition) is 2. The van der Waals surface area contributed by atoms with E-state index in [1.165, 1.54) is 33.2 Å². The molecule has 3 nitrogen and oxygen atoms in total. The maximum Gasteiger partial charge on any atom is 0.322 e. The number of carbonyl (C=O) groups excluding carboxylic acids is 1. The zero-order valence-corrected chi connectivity index (χ0v) is 23.1. The smallest absolute Gasteiger partial charge is 0.322 e. The topological polar surface area (TPSA) is 54.5 Å². The van der Waals surface area contributed by atoms with Crippen molar-refractivity contribution < 1.29 is 30.0 Å². The van der Waals surface area contributed by atoms with Crippen molar-refractivity contribution in [3.8, 4) is 11.3 Å². The van der Waals surface area contributed by atoms with Gasteiger partial charge in [0.25, 0.3) is 0 Å². The number of pyridine rings is 1. The van der Waals surface area contributed by atoms with Crippen molar-refractivity contribution >= 4 is 27.3 Å². The van der Waals surface area contributed by atoms with Crippen LogP contribution in [-0.2, 0) is 20.1 Å². The molecule has 0 fully saturated rings. The fourth-order valence-corrected chi connectivity index (χ4v) is 3.66. The van der Waals surface area contributed by atoms with Crippen LogP contribution in [0.1, 0.15) is 38.8 Å². The van der Waals surface area contributed by atoms with Crippen molar-refractivity contribution in [1.29, 1.82) is 0 Å². The van der Waals surface area contributed by atoms with Gasteiger partial charge in [0, 0.05) is 32.2 Å². The van der Waals surface area contributed by atoms with Crippen LogP contribution in [-0.4, -0.2) is 20.7 Å². The number of rotatable bonds is 4. The van der Waals surface area contributed by atoms with Crippen molar-refractivity contribution in [3.05, 3.63) is 89.8 Å². The van der Waals surface area contributed by atoms with E-state index in [1.54, 1.807) is 0 Å². The molecular formula is C30H33IrNO2. The van der Waals surface area contributed by atoms with E-state index in [1.807, 2.05) is 33.9 Å². The van der Waals surface area contributed by atoms with Gasteiger partial charge in [-0.25, -0.2) is 0 Å². The van der Waals surface area contributed by atoms with Crippen molar-refractivity contribution in [2.24, 2.45) is 11.8 Å². The average Bonchev–Trinajstić information content (AvgIpc) is 2.78. The molecule has 4 rings (SSSR count). The quantitative estimate of drug-likeness (QED) is 0.0823. The van der Waals surface area contributed by atoms with Crippen LogP contribution in [0.2, 0.25) is 0 Å². The van der Waals surface area contributed by atoms with Crippen LogP contribution in [0.15, 0.2) is 72.6 Å². The SMILES string of the molecule is CC(C)C(=[OH+])/C=C(\O)C(C)C.Cc1[c-]c(-c2nccc3c2ccc2ccccc23)cc(C)c1.[Ir]. The molecule has 4 aromatic rings. The fraction of sp³-hybridized carbons (Fsp3) is 0.267. The Bertz CT molecular complexity index is 1300. The number of allylic oxidation sites excluding steroid dienone is 2. The monoisotopic (exact) mass is 632 g/mol. The molecule has 0 aliphatic carbocycles. The van der Waals surface area contributed by atoms with E-state index in [2.05, 4.69) is 79.5 Å². The second-order valence-corrected chi connectivity index (χ2v) is 9.10. The molecule has 0 spiro atoms. The summed E-state index contributed by atoms with van der Waals surface area (Å²) in [6, 6.07) is 22.7. The molecule has 0 aliphatic rings. The summed E-state index contributed by atoms with van der Waals surface area (Å²) in [5.41, 5.74) is 4.47. The predicted molar refractivity (Wildman–Crippen MR) is 140 cm³/mol.